The highest BCUT2D eigenvalue weighted by Crippen LogP contribution is 2.03. The summed E-state index contributed by atoms with van der Waals surface area (Å²) in [5.74, 6) is -4.89. The van der Waals surface area contributed by atoms with Gasteiger partial charge >= 0.3 is 11.9 Å². The number of hydrogen-bond acceptors (Lipinski definition) is 7. The summed E-state index contributed by atoms with van der Waals surface area (Å²) in [4.78, 5) is 61.3. The molecule has 0 heterocycles. The van der Waals surface area contributed by atoms with Crippen LogP contribution in [0.4, 0.5) is 0 Å². The van der Waals surface area contributed by atoms with Crippen LogP contribution < -0.4 is 33.2 Å². The van der Waals surface area contributed by atoms with Gasteiger partial charge in [0.25, 0.3) is 0 Å². The SMILES string of the molecule is NCC(=O)NC(CCC(=O)O)C(=O)NC(CCCN=C(N)N)C(=O)NCC(=O)O. The van der Waals surface area contributed by atoms with E-state index in [1.165, 1.54) is 0 Å². The Morgan fingerprint density at radius 3 is 2.03 bits per heavy atom. The third kappa shape index (κ3) is 12.6. The highest BCUT2D eigenvalue weighted by Gasteiger charge is 2.27. The third-order valence-electron chi connectivity index (χ3n) is 3.48. The number of aliphatic carboxylic acids is 2. The van der Waals surface area contributed by atoms with E-state index in [9.17, 15) is 24.0 Å². The van der Waals surface area contributed by atoms with Gasteiger partial charge in [0.15, 0.2) is 5.96 Å². The van der Waals surface area contributed by atoms with Gasteiger partial charge in [0, 0.05) is 13.0 Å². The van der Waals surface area contributed by atoms with Crippen LogP contribution in [0.25, 0.3) is 0 Å². The molecule has 0 aliphatic heterocycles. The second-order valence-electron chi connectivity index (χ2n) is 5.88. The Labute approximate surface area is 166 Å². The summed E-state index contributed by atoms with van der Waals surface area (Å²) in [6.45, 7) is -0.920. The van der Waals surface area contributed by atoms with Crippen molar-refractivity contribution in [3.63, 3.8) is 0 Å². The molecular weight excluding hydrogens is 390 g/mol. The van der Waals surface area contributed by atoms with Crippen LogP contribution in [0.2, 0.25) is 0 Å². The molecule has 3 amide bonds. The van der Waals surface area contributed by atoms with Crippen molar-refractivity contribution in [2.75, 3.05) is 19.6 Å². The summed E-state index contributed by atoms with van der Waals surface area (Å²) in [5, 5.41) is 24.3. The van der Waals surface area contributed by atoms with Crippen molar-refractivity contribution in [1.82, 2.24) is 16.0 Å². The summed E-state index contributed by atoms with van der Waals surface area (Å²) in [6.07, 6.45) is -0.309. The molecule has 0 aromatic rings. The molecule has 0 radical (unpaired) electrons. The van der Waals surface area contributed by atoms with E-state index in [0.29, 0.717) is 0 Å². The quantitative estimate of drug-likeness (QED) is 0.0772. The molecule has 14 heteroatoms. The van der Waals surface area contributed by atoms with Crippen LogP contribution in [0.1, 0.15) is 25.7 Å². The Kier molecular flexibility index (Phi) is 12.1. The smallest absolute Gasteiger partial charge is 0.322 e. The molecule has 0 saturated carbocycles. The molecule has 0 aromatic carbocycles. The lowest BCUT2D eigenvalue weighted by Crippen LogP contribution is -2.54. The summed E-state index contributed by atoms with van der Waals surface area (Å²) in [6, 6.07) is -2.40. The second-order valence-corrected chi connectivity index (χ2v) is 5.88. The summed E-state index contributed by atoms with van der Waals surface area (Å²) in [7, 11) is 0. The van der Waals surface area contributed by atoms with Gasteiger partial charge in [-0.3, -0.25) is 29.0 Å². The highest BCUT2D eigenvalue weighted by molar-refractivity contribution is 5.93. The Morgan fingerprint density at radius 2 is 1.52 bits per heavy atom. The molecular formula is C15H27N7O7. The average molecular weight is 417 g/mol. The Balaban J connectivity index is 5.16. The first-order chi connectivity index (χ1) is 13.6. The van der Waals surface area contributed by atoms with Crippen LogP contribution in [0, 0.1) is 0 Å². The van der Waals surface area contributed by atoms with Gasteiger partial charge in [-0.25, -0.2) is 0 Å². The number of carbonyl (C=O) groups excluding carboxylic acids is 3. The lowest BCUT2D eigenvalue weighted by Gasteiger charge is -2.22. The molecule has 11 N–H and O–H groups in total. The molecule has 0 aromatic heterocycles. The van der Waals surface area contributed by atoms with Gasteiger partial charge in [0.05, 0.1) is 6.54 Å². The van der Waals surface area contributed by atoms with E-state index in [1.54, 1.807) is 0 Å². The van der Waals surface area contributed by atoms with E-state index < -0.39 is 61.3 Å². The van der Waals surface area contributed by atoms with Crippen LogP contribution in [0.5, 0.6) is 0 Å². The van der Waals surface area contributed by atoms with E-state index in [-0.39, 0.29) is 31.8 Å². The number of carboxylic acids is 2. The lowest BCUT2D eigenvalue weighted by atomic mass is 10.1. The Hall–Kier alpha value is -3.42. The first kappa shape index (κ1) is 25.6. The van der Waals surface area contributed by atoms with Crippen molar-refractivity contribution >= 4 is 35.6 Å². The molecule has 0 bridgehead atoms. The fourth-order valence-electron chi connectivity index (χ4n) is 2.12. The minimum atomic E-state index is -1.28. The van der Waals surface area contributed by atoms with E-state index in [1.807, 2.05) is 0 Å². The first-order valence-electron chi connectivity index (χ1n) is 8.63. The zero-order valence-corrected chi connectivity index (χ0v) is 15.7. The topological polar surface area (TPSA) is 252 Å². The first-order valence-corrected chi connectivity index (χ1v) is 8.63. The number of carbonyl (C=O) groups is 5. The number of carboxylic acid groups (broad SMARTS) is 2. The predicted molar refractivity (Wildman–Crippen MR) is 100 cm³/mol. The van der Waals surface area contributed by atoms with Gasteiger partial charge in [-0.2, -0.15) is 0 Å². The zero-order valence-electron chi connectivity index (χ0n) is 15.7. The molecule has 0 spiro atoms. The molecule has 0 saturated heterocycles. The molecule has 0 rings (SSSR count). The molecule has 0 fully saturated rings. The van der Waals surface area contributed by atoms with Crippen molar-refractivity contribution in [3.05, 3.63) is 0 Å². The van der Waals surface area contributed by atoms with Gasteiger partial charge in [-0.15, -0.1) is 0 Å². The molecule has 14 nitrogen and oxygen atoms in total. The average Bonchev–Trinajstić information content (AvgIpc) is 2.64. The number of nitrogens with two attached hydrogens (primary N) is 3. The monoisotopic (exact) mass is 417 g/mol. The summed E-state index contributed by atoms with van der Waals surface area (Å²) in [5.41, 5.74) is 15.6. The molecule has 0 aliphatic carbocycles. The van der Waals surface area contributed by atoms with E-state index in [0.717, 1.165) is 0 Å². The number of guanidine groups is 1. The van der Waals surface area contributed by atoms with Crippen molar-refractivity contribution in [1.29, 1.82) is 0 Å². The van der Waals surface area contributed by atoms with Crippen molar-refractivity contribution in [2.45, 2.75) is 37.8 Å². The van der Waals surface area contributed by atoms with Crippen LogP contribution >= 0.6 is 0 Å². The Morgan fingerprint density at radius 1 is 0.897 bits per heavy atom. The molecule has 2 unspecified atom stereocenters. The molecule has 29 heavy (non-hydrogen) atoms. The van der Waals surface area contributed by atoms with Crippen LogP contribution in [0.3, 0.4) is 0 Å². The number of nitrogens with zero attached hydrogens (tertiary/aromatic N) is 1. The van der Waals surface area contributed by atoms with Gasteiger partial charge in [0.2, 0.25) is 17.7 Å². The van der Waals surface area contributed by atoms with Crippen LogP contribution in [-0.2, 0) is 24.0 Å². The lowest BCUT2D eigenvalue weighted by molar-refractivity contribution is -0.138. The minimum Gasteiger partial charge on any atom is -0.481 e. The van der Waals surface area contributed by atoms with Gasteiger partial charge in [0.1, 0.15) is 18.6 Å². The second kappa shape index (κ2) is 13.7. The van der Waals surface area contributed by atoms with Crippen molar-refractivity contribution < 1.29 is 34.2 Å². The van der Waals surface area contributed by atoms with E-state index in [2.05, 4.69) is 20.9 Å². The molecule has 164 valence electrons. The fourth-order valence-corrected chi connectivity index (χ4v) is 2.12. The number of nitrogens with one attached hydrogen (secondary N) is 3. The maximum Gasteiger partial charge on any atom is 0.322 e. The number of hydrogen-bond donors (Lipinski definition) is 8. The fraction of sp³-hybridized carbons (Fsp3) is 0.600. The van der Waals surface area contributed by atoms with E-state index >= 15 is 0 Å². The van der Waals surface area contributed by atoms with Crippen LogP contribution in [0.15, 0.2) is 4.99 Å². The van der Waals surface area contributed by atoms with Gasteiger partial charge < -0.3 is 43.4 Å². The number of aliphatic imine (C=N–C) groups is 1. The van der Waals surface area contributed by atoms with E-state index in [4.69, 9.17) is 27.4 Å². The molecule has 2 atom stereocenters. The molecule has 0 aliphatic rings. The van der Waals surface area contributed by atoms with Crippen LogP contribution in [-0.4, -0.2) is 77.6 Å². The summed E-state index contributed by atoms with van der Waals surface area (Å²) < 4.78 is 0. The highest BCUT2D eigenvalue weighted by atomic mass is 16.4. The Bertz CT molecular complexity index is 635. The third-order valence-corrected chi connectivity index (χ3v) is 3.48. The largest absolute Gasteiger partial charge is 0.481 e. The van der Waals surface area contributed by atoms with Crippen molar-refractivity contribution in [3.8, 4) is 0 Å². The maximum absolute atomic E-state index is 12.5. The normalized spacial score (nSPS) is 12.2. The zero-order chi connectivity index (χ0) is 22.4. The minimum absolute atomic E-state index is 0.0600. The number of amides is 3. The van der Waals surface area contributed by atoms with Crippen molar-refractivity contribution in [2.24, 2.45) is 22.2 Å². The predicted octanol–water partition coefficient (Wildman–Crippen LogP) is -3.97. The maximum atomic E-state index is 12.5. The van der Waals surface area contributed by atoms with Gasteiger partial charge in [-0.05, 0) is 19.3 Å². The standard InChI is InChI=1S/C15H27N7O7/c16-6-10(23)21-9(3-4-11(24)25)14(29)22-8(2-1-5-19-15(17)18)13(28)20-7-12(26)27/h8-9H,1-7,16H2,(H,20,28)(H,21,23)(H,22,29)(H,24,25)(H,26,27)(H4,17,18,19). The van der Waals surface area contributed by atoms with Gasteiger partial charge in [-0.1, -0.05) is 0 Å². The summed E-state index contributed by atoms with van der Waals surface area (Å²) >= 11 is 0. The number of rotatable bonds is 14.